The predicted molar refractivity (Wildman–Crippen MR) is 80.2 cm³/mol. The Bertz CT molecular complexity index is 530. The second-order valence-corrected chi connectivity index (χ2v) is 6.32. The molecule has 2 aromatic rings. The van der Waals surface area contributed by atoms with E-state index in [1.807, 2.05) is 12.1 Å². The largest absolute Gasteiger partial charge is 0.365 e. The zero-order chi connectivity index (χ0) is 13.9. The van der Waals surface area contributed by atoms with Gasteiger partial charge in [0.05, 0.1) is 6.54 Å². The highest BCUT2D eigenvalue weighted by Crippen LogP contribution is 2.22. The van der Waals surface area contributed by atoms with Crippen LogP contribution in [0.25, 0.3) is 0 Å². The van der Waals surface area contributed by atoms with Crippen molar-refractivity contribution >= 4 is 23.0 Å². The number of hydrogen-bond donors (Lipinski definition) is 3. The second kappa shape index (κ2) is 5.54. The van der Waals surface area contributed by atoms with E-state index in [1.54, 1.807) is 11.3 Å². The summed E-state index contributed by atoms with van der Waals surface area (Å²) in [6, 6.07) is 5.93. The molecule has 6 heteroatoms. The lowest BCUT2D eigenvalue weighted by molar-refractivity contribution is 0.546. The SMILES string of the molecule is CC(C)(C)c1nc(NN)cc(NCc2cccs2)n1. The molecule has 0 saturated heterocycles. The van der Waals surface area contributed by atoms with E-state index >= 15 is 0 Å². The molecular formula is C13H19N5S. The average Bonchev–Trinajstić information content (AvgIpc) is 2.88. The first-order valence-corrected chi connectivity index (χ1v) is 6.99. The van der Waals surface area contributed by atoms with Gasteiger partial charge >= 0.3 is 0 Å². The number of rotatable bonds is 4. The normalized spacial score (nSPS) is 11.4. The van der Waals surface area contributed by atoms with E-state index in [2.05, 4.69) is 52.9 Å². The molecule has 0 radical (unpaired) electrons. The number of hydrazine groups is 1. The molecule has 2 heterocycles. The van der Waals surface area contributed by atoms with Crippen LogP contribution in [0.4, 0.5) is 11.6 Å². The van der Waals surface area contributed by atoms with Gasteiger partial charge in [-0.3, -0.25) is 0 Å². The van der Waals surface area contributed by atoms with E-state index in [4.69, 9.17) is 5.84 Å². The van der Waals surface area contributed by atoms with E-state index in [0.717, 1.165) is 18.2 Å². The Morgan fingerprint density at radius 2 is 2.00 bits per heavy atom. The zero-order valence-corrected chi connectivity index (χ0v) is 12.2. The van der Waals surface area contributed by atoms with Crippen LogP contribution in [-0.2, 0) is 12.0 Å². The molecular weight excluding hydrogens is 258 g/mol. The van der Waals surface area contributed by atoms with Crippen molar-refractivity contribution < 1.29 is 0 Å². The molecule has 0 saturated carbocycles. The topological polar surface area (TPSA) is 75.9 Å². The zero-order valence-electron chi connectivity index (χ0n) is 11.4. The number of anilines is 2. The standard InChI is InChI=1S/C13H19N5S/c1-13(2,3)12-16-10(7-11(17-12)18-14)15-8-9-5-4-6-19-9/h4-7H,8,14H2,1-3H3,(H2,15,16,17,18). The molecule has 0 atom stereocenters. The van der Waals surface area contributed by atoms with Gasteiger partial charge in [-0.15, -0.1) is 11.3 Å². The van der Waals surface area contributed by atoms with Crippen molar-refractivity contribution in [2.45, 2.75) is 32.7 Å². The highest BCUT2D eigenvalue weighted by Gasteiger charge is 2.19. The molecule has 0 aromatic carbocycles. The fourth-order valence-corrected chi connectivity index (χ4v) is 2.18. The molecule has 0 amide bonds. The highest BCUT2D eigenvalue weighted by molar-refractivity contribution is 7.09. The van der Waals surface area contributed by atoms with Gasteiger partial charge in [-0.2, -0.15) is 0 Å². The number of nitrogens with one attached hydrogen (secondary N) is 2. The number of nitrogen functional groups attached to an aromatic ring is 1. The number of thiophene rings is 1. The maximum absolute atomic E-state index is 5.46. The average molecular weight is 277 g/mol. The molecule has 0 aliphatic rings. The third-order valence-corrected chi connectivity index (χ3v) is 3.45. The summed E-state index contributed by atoms with van der Waals surface area (Å²) >= 11 is 1.72. The summed E-state index contributed by atoms with van der Waals surface area (Å²) in [6.07, 6.45) is 0. The van der Waals surface area contributed by atoms with Gasteiger partial charge in [0, 0.05) is 16.4 Å². The molecule has 0 aliphatic carbocycles. The first-order valence-electron chi connectivity index (χ1n) is 6.11. The van der Waals surface area contributed by atoms with Crippen LogP contribution in [-0.4, -0.2) is 9.97 Å². The summed E-state index contributed by atoms with van der Waals surface area (Å²) in [6.45, 7) is 6.98. The molecule has 102 valence electrons. The summed E-state index contributed by atoms with van der Waals surface area (Å²) in [5.74, 6) is 7.61. The molecule has 0 bridgehead atoms. The van der Waals surface area contributed by atoms with Crippen LogP contribution in [0.2, 0.25) is 0 Å². The molecule has 19 heavy (non-hydrogen) atoms. The van der Waals surface area contributed by atoms with E-state index in [0.29, 0.717) is 5.82 Å². The summed E-state index contributed by atoms with van der Waals surface area (Å²) in [7, 11) is 0. The van der Waals surface area contributed by atoms with Gasteiger partial charge in [-0.05, 0) is 11.4 Å². The minimum Gasteiger partial charge on any atom is -0.365 e. The fourth-order valence-electron chi connectivity index (χ4n) is 1.54. The minimum absolute atomic E-state index is 0.119. The summed E-state index contributed by atoms with van der Waals surface area (Å²) in [4.78, 5) is 10.2. The van der Waals surface area contributed by atoms with Crippen LogP contribution < -0.4 is 16.6 Å². The first kappa shape index (κ1) is 13.8. The molecule has 4 N–H and O–H groups in total. The van der Waals surface area contributed by atoms with Crippen molar-refractivity contribution in [2.75, 3.05) is 10.7 Å². The van der Waals surface area contributed by atoms with Crippen LogP contribution in [0.15, 0.2) is 23.6 Å². The van der Waals surface area contributed by atoms with Gasteiger partial charge in [0.1, 0.15) is 17.5 Å². The maximum atomic E-state index is 5.46. The third kappa shape index (κ3) is 3.65. The van der Waals surface area contributed by atoms with Crippen molar-refractivity contribution in [1.29, 1.82) is 0 Å². The third-order valence-electron chi connectivity index (χ3n) is 2.57. The lowest BCUT2D eigenvalue weighted by Gasteiger charge is -2.18. The second-order valence-electron chi connectivity index (χ2n) is 5.29. The van der Waals surface area contributed by atoms with Crippen molar-refractivity contribution in [3.05, 3.63) is 34.3 Å². The number of nitrogens with zero attached hydrogens (tertiary/aromatic N) is 2. The van der Waals surface area contributed by atoms with Gasteiger partial charge in [-0.1, -0.05) is 26.8 Å². The summed E-state index contributed by atoms with van der Waals surface area (Å²) in [5.41, 5.74) is 2.47. The van der Waals surface area contributed by atoms with Crippen LogP contribution in [0.5, 0.6) is 0 Å². The lowest BCUT2D eigenvalue weighted by atomic mass is 9.96. The van der Waals surface area contributed by atoms with Gasteiger partial charge in [0.25, 0.3) is 0 Å². The highest BCUT2D eigenvalue weighted by atomic mass is 32.1. The first-order chi connectivity index (χ1) is 8.99. The summed E-state index contributed by atoms with van der Waals surface area (Å²) < 4.78 is 0. The Kier molecular flexibility index (Phi) is 4.01. The minimum atomic E-state index is -0.119. The van der Waals surface area contributed by atoms with E-state index in [9.17, 15) is 0 Å². The number of nitrogens with two attached hydrogens (primary N) is 1. The molecule has 0 spiro atoms. The summed E-state index contributed by atoms with van der Waals surface area (Å²) in [5, 5.41) is 5.36. The Morgan fingerprint density at radius 3 is 2.58 bits per heavy atom. The Hall–Kier alpha value is -1.66. The Labute approximate surface area is 117 Å². The number of aromatic nitrogens is 2. The monoisotopic (exact) mass is 277 g/mol. The quantitative estimate of drug-likeness (QED) is 0.592. The smallest absolute Gasteiger partial charge is 0.145 e. The fraction of sp³-hybridized carbons (Fsp3) is 0.385. The Morgan fingerprint density at radius 1 is 1.26 bits per heavy atom. The predicted octanol–water partition coefficient (Wildman–Crippen LogP) is 2.73. The molecule has 2 aromatic heterocycles. The molecule has 0 fully saturated rings. The maximum Gasteiger partial charge on any atom is 0.145 e. The van der Waals surface area contributed by atoms with Crippen LogP contribution in [0.1, 0.15) is 31.5 Å². The van der Waals surface area contributed by atoms with Gasteiger partial charge < -0.3 is 10.7 Å². The van der Waals surface area contributed by atoms with Crippen molar-refractivity contribution in [1.82, 2.24) is 9.97 Å². The van der Waals surface area contributed by atoms with E-state index < -0.39 is 0 Å². The molecule has 5 nitrogen and oxygen atoms in total. The van der Waals surface area contributed by atoms with Crippen LogP contribution >= 0.6 is 11.3 Å². The van der Waals surface area contributed by atoms with Gasteiger partial charge in [0.15, 0.2) is 0 Å². The van der Waals surface area contributed by atoms with Crippen molar-refractivity contribution in [2.24, 2.45) is 5.84 Å². The Balaban J connectivity index is 2.19. The van der Waals surface area contributed by atoms with Gasteiger partial charge in [-0.25, -0.2) is 15.8 Å². The van der Waals surface area contributed by atoms with Crippen LogP contribution in [0.3, 0.4) is 0 Å². The van der Waals surface area contributed by atoms with Crippen molar-refractivity contribution in [3.63, 3.8) is 0 Å². The lowest BCUT2D eigenvalue weighted by Crippen LogP contribution is -2.19. The van der Waals surface area contributed by atoms with E-state index in [-0.39, 0.29) is 5.41 Å². The molecule has 2 rings (SSSR count). The van der Waals surface area contributed by atoms with Crippen LogP contribution in [0, 0.1) is 0 Å². The molecule has 0 unspecified atom stereocenters. The van der Waals surface area contributed by atoms with E-state index in [1.165, 1.54) is 4.88 Å². The molecule has 0 aliphatic heterocycles. The number of hydrogen-bond acceptors (Lipinski definition) is 6. The van der Waals surface area contributed by atoms with Gasteiger partial charge in [0.2, 0.25) is 0 Å². The van der Waals surface area contributed by atoms with Crippen molar-refractivity contribution in [3.8, 4) is 0 Å².